The van der Waals surface area contributed by atoms with Crippen LogP contribution in [0.4, 0.5) is 8.78 Å². The summed E-state index contributed by atoms with van der Waals surface area (Å²) in [5, 5.41) is 0. The van der Waals surface area contributed by atoms with Gasteiger partial charge in [0.1, 0.15) is 0 Å². The Labute approximate surface area is 149 Å². The lowest BCUT2D eigenvalue weighted by Gasteiger charge is -2.27. The Kier molecular flexibility index (Phi) is 5.52. The minimum atomic E-state index is -0.939. The van der Waals surface area contributed by atoms with Crippen molar-refractivity contribution in [3.05, 3.63) is 65.7 Å². The summed E-state index contributed by atoms with van der Waals surface area (Å²) in [6.07, 6.45) is 9.24. The van der Waals surface area contributed by atoms with Crippen LogP contribution in [0, 0.1) is 17.6 Å². The zero-order valence-electron chi connectivity index (χ0n) is 14.8. The van der Waals surface area contributed by atoms with E-state index in [1.807, 2.05) is 12.1 Å². The van der Waals surface area contributed by atoms with Gasteiger partial charge in [-0.05, 0) is 67.7 Å². The third-order valence-corrected chi connectivity index (χ3v) is 5.20. The second-order valence-electron chi connectivity index (χ2n) is 6.70. The molecule has 0 N–H and O–H groups in total. The van der Waals surface area contributed by atoms with Crippen molar-refractivity contribution in [3.8, 4) is 16.9 Å². The largest absolute Gasteiger partial charge is 0.494 e. The molecular formula is C22H26F2O. The van der Waals surface area contributed by atoms with E-state index in [4.69, 9.17) is 4.74 Å². The van der Waals surface area contributed by atoms with Gasteiger partial charge < -0.3 is 4.74 Å². The summed E-state index contributed by atoms with van der Waals surface area (Å²) < 4.78 is 33.0. The number of allylic oxidation sites excluding steroid dienone is 2. The molecule has 0 aliphatic heterocycles. The molecule has 0 bridgehead atoms. The Morgan fingerprint density at radius 3 is 2.24 bits per heavy atom. The first-order chi connectivity index (χ1) is 12.1. The van der Waals surface area contributed by atoms with E-state index in [0.717, 1.165) is 0 Å². The van der Waals surface area contributed by atoms with Gasteiger partial charge in [-0.1, -0.05) is 36.4 Å². The smallest absolute Gasteiger partial charge is 0.201 e. The topological polar surface area (TPSA) is 9.23 Å². The summed E-state index contributed by atoms with van der Waals surface area (Å²) in [5.74, 6) is -0.606. The fourth-order valence-electron chi connectivity index (χ4n) is 3.76. The van der Waals surface area contributed by atoms with E-state index >= 15 is 0 Å². The molecule has 0 unspecified atom stereocenters. The first-order valence-electron chi connectivity index (χ1n) is 8.89. The van der Waals surface area contributed by atoms with Gasteiger partial charge in [0.05, 0.1) is 7.11 Å². The molecule has 3 rings (SSSR count). The lowest BCUT2D eigenvalue weighted by atomic mass is 9.78. The van der Waals surface area contributed by atoms with E-state index in [-0.39, 0.29) is 12.7 Å². The summed E-state index contributed by atoms with van der Waals surface area (Å²) in [4.78, 5) is 0. The van der Waals surface area contributed by atoms with Crippen LogP contribution in [0.5, 0.6) is 5.75 Å². The first-order valence-corrected chi connectivity index (χ1v) is 8.89. The Bertz CT molecular complexity index is 747. The number of rotatable bonds is 4. The molecule has 0 saturated heterocycles. The maximum Gasteiger partial charge on any atom is 0.201 e. The normalized spacial score (nSPS) is 20.8. The number of halogens is 2. The molecule has 2 aromatic rings. The molecule has 1 aliphatic carbocycles. The Morgan fingerprint density at radius 2 is 1.64 bits per heavy atom. The van der Waals surface area contributed by atoms with Gasteiger partial charge in [0.25, 0.3) is 0 Å². The highest BCUT2D eigenvalue weighted by molar-refractivity contribution is 5.65. The van der Waals surface area contributed by atoms with Gasteiger partial charge in [0, 0.05) is 6.99 Å². The quantitative estimate of drug-likeness (QED) is 0.558. The number of ether oxygens (including phenoxy) is 1. The predicted octanol–water partition coefficient (Wildman–Crippen LogP) is 6.74. The number of hydrogen-bond acceptors (Lipinski definition) is 1. The molecule has 1 aliphatic rings. The van der Waals surface area contributed by atoms with Gasteiger partial charge in [0.2, 0.25) is 5.82 Å². The molecule has 0 spiro atoms. The highest BCUT2D eigenvalue weighted by Crippen LogP contribution is 2.37. The van der Waals surface area contributed by atoms with Crippen molar-refractivity contribution < 1.29 is 14.9 Å². The number of methoxy groups -OCH3 is 1. The Hall–Kier alpha value is -2.16. The number of benzene rings is 2. The fourth-order valence-corrected chi connectivity index (χ4v) is 3.76. The average molecular weight is 344 g/mol. The van der Waals surface area contributed by atoms with E-state index in [1.54, 1.807) is 6.07 Å². The van der Waals surface area contributed by atoms with Crippen molar-refractivity contribution in [3.63, 3.8) is 0 Å². The van der Waals surface area contributed by atoms with Crippen LogP contribution in [0.3, 0.4) is 0 Å². The van der Waals surface area contributed by atoms with Gasteiger partial charge in [-0.3, -0.25) is 0 Å². The minimum absolute atomic E-state index is 0. The monoisotopic (exact) mass is 344 g/mol. The second-order valence-corrected chi connectivity index (χ2v) is 6.70. The fraction of sp³-hybridized carbons (Fsp3) is 0.364. The van der Waals surface area contributed by atoms with Crippen molar-refractivity contribution in [2.75, 3.05) is 7.11 Å². The highest BCUT2D eigenvalue weighted by Gasteiger charge is 2.21. The SMILES string of the molecule is C/C=C/C1CCC(c2ccc(-c3ccc(OC)c(F)c3F)cc2)CC1.[HH]. The lowest BCUT2D eigenvalue weighted by molar-refractivity contribution is 0.372. The minimum Gasteiger partial charge on any atom is -0.494 e. The molecule has 25 heavy (non-hydrogen) atoms. The predicted molar refractivity (Wildman–Crippen MR) is 100.0 cm³/mol. The molecular weight excluding hydrogens is 318 g/mol. The molecule has 1 nitrogen and oxygen atoms in total. The van der Waals surface area contributed by atoms with Crippen LogP contribution in [0.15, 0.2) is 48.6 Å². The molecule has 0 amide bonds. The van der Waals surface area contributed by atoms with Gasteiger partial charge in [-0.25, -0.2) is 4.39 Å². The van der Waals surface area contributed by atoms with Gasteiger partial charge in [0.15, 0.2) is 11.6 Å². The summed E-state index contributed by atoms with van der Waals surface area (Å²) in [7, 11) is 1.33. The molecule has 1 fully saturated rings. The van der Waals surface area contributed by atoms with Crippen molar-refractivity contribution >= 4 is 0 Å². The molecule has 1 saturated carbocycles. The van der Waals surface area contributed by atoms with Gasteiger partial charge >= 0.3 is 0 Å². The van der Waals surface area contributed by atoms with E-state index < -0.39 is 11.6 Å². The maximum absolute atomic E-state index is 14.2. The van der Waals surface area contributed by atoms with Crippen LogP contribution in [0.1, 0.15) is 45.5 Å². The van der Waals surface area contributed by atoms with Gasteiger partial charge in [-0.15, -0.1) is 0 Å². The number of hydrogen-bond donors (Lipinski definition) is 0. The highest BCUT2D eigenvalue weighted by atomic mass is 19.2. The zero-order chi connectivity index (χ0) is 17.8. The molecule has 0 aromatic heterocycles. The van der Waals surface area contributed by atoms with Crippen LogP contribution in [-0.2, 0) is 0 Å². The van der Waals surface area contributed by atoms with Crippen molar-refractivity contribution in [1.29, 1.82) is 0 Å². The van der Waals surface area contributed by atoms with Crippen LogP contribution >= 0.6 is 0 Å². The van der Waals surface area contributed by atoms with Gasteiger partial charge in [-0.2, -0.15) is 4.39 Å². The standard InChI is InChI=1S/C22H24F2O.H2/c1-3-4-15-5-7-16(8-6-15)17-9-11-18(12-10-17)19-13-14-20(25-2)22(24)21(19)23;/h3-4,9-16H,5-8H2,1-2H3;1H/b4-3+;. The summed E-state index contributed by atoms with van der Waals surface area (Å²) >= 11 is 0. The van der Waals surface area contributed by atoms with Crippen LogP contribution < -0.4 is 4.74 Å². The second kappa shape index (κ2) is 7.81. The van der Waals surface area contributed by atoms with Crippen molar-refractivity contribution in [2.45, 2.75) is 38.5 Å². The molecule has 0 heterocycles. The molecule has 0 radical (unpaired) electrons. The first kappa shape index (κ1) is 17.7. The molecule has 2 aromatic carbocycles. The van der Waals surface area contributed by atoms with E-state index in [9.17, 15) is 8.78 Å². The zero-order valence-corrected chi connectivity index (χ0v) is 14.8. The third kappa shape index (κ3) is 3.76. The molecule has 134 valence electrons. The summed E-state index contributed by atoms with van der Waals surface area (Å²) in [6, 6.07) is 10.9. The Morgan fingerprint density at radius 1 is 0.960 bits per heavy atom. The van der Waals surface area contributed by atoms with Crippen molar-refractivity contribution in [1.82, 2.24) is 0 Å². The molecule has 0 atom stereocenters. The van der Waals surface area contributed by atoms with Crippen LogP contribution in [0.2, 0.25) is 0 Å². The third-order valence-electron chi connectivity index (χ3n) is 5.20. The van der Waals surface area contributed by atoms with Crippen molar-refractivity contribution in [2.24, 2.45) is 5.92 Å². The van der Waals surface area contributed by atoms with Crippen LogP contribution in [-0.4, -0.2) is 7.11 Å². The van der Waals surface area contributed by atoms with E-state index in [1.165, 1.54) is 44.4 Å². The maximum atomic E-state index is 14.2. The summed E-state index contributed by atoms with van der Waals surface area (Å²) in [5.41, 5.74) is 2.24. The van der Waals surface area contributed by atoms with E-state index in [0.29, 0.717) is 17.4 Å². The van der Waals surface area contributed by atoms with E-state index in [2.05, 4.69) is 31.2 Å². The summed E-state index contributed by atoms with van der Waals surface area (Å²) in [6.45, 7) is 2.08. The average Bonchev–Trinajstić information content (AvgIpc) is 2.65. The van der Waals surface area contributed by atoms with Crippen LogP contribution in [0.25, 0.3) is 11.1 Å². The Balaban J connectivity index is 0.00000243. The molecule has 3 heteroatoms. The lowest BCUT2D eigenvalue weighted by Crippen LogP contribution is -2.11.